The Labute approximate surface area is 94.0 Å². The van der Waals surface area contributed by atoms with Crippen molar-refractivity contribution < 1.29 is 4.74 Å². The SMILES string of the molecule is Cc1c(NCCOCCN)c(=S)c1=S. The van der Waals surface area contributed by atoms with Gasteiger partial charge in [-0.1, -0.05) is 24.4 Å². The maximum Gasteiger partial charge on any atom is 0.0795 e. The molecule has 0 aromatic heterocycles. The summed E-state index contributed by atoms with van der Waals surface area (Å²) >= 11 is 10.1. The highest BCUT2D eigenvalue weighted by molar-refractivity contribution is 7.74. The van der Waals surface area contributed by atoms with E-state index in [0.29, 0.717) is 19.8 Å². The van der Waals surface area contributed by atoms with E-state index in [2.05, 4.69) is 5.32 Å². The number of hydrogen-bond donors (Lipinski definition) is 2. The summed E-state index contributed by atoms with van der Waals surface area (Å²) in [6, 6.07) is 0. The number of nitrogens with one attached hydrogen (secondary N) is 1. The van der Waals surface area contributed by atoms with Gasteiger partial charge in [-0.25, -0.2) is 0 Å². The molecule has 0 saturated carbocycles. The van der Waals surface area contributed by atoms with Crippen LogP contribution in [0.2, 0.25) is 0 Å². The summed E-state index contributed by atoms with van der Waals surface area (Å²) in [5.41, 5.74) is 7.37. The molecule has 0 heterocycles. The van der Waals surface area contributed by atoms with E-state index in [-0.39, 0.29) is 0 Å². The van der Waals surface area contributed by atoms with Crippen LogP contribution in [0.1, 0.15) is 5.56 Å². The van der Waals surface area contributed by atoms with Gasteiger partial charge >= 0.3 is 0 Å². The van der Waals surface area contributed by atoms with Crippen molar-refractivity contribution >= 4 is 30.1 Å². The number of anilines is 1. The van der Waals surface area contributed by atoms with Crippen molar-refractivity contribution in [1.82, 2.24) is 0 Å². The zero-order chi connectivity index (χ0) is 10.6. The van der Waals surface area contributed by atoms with Crippen LogP contribution in [0.3, 0.4) is 0 Å². The van der Waals surface area contributed by atoms with Crippen molar-refractivity contribution in [2.45, 2.75) is 6.92 Å². The van der Waals surface area contributed by atoms with Gasteiger partial charge in [0.25, 0.3) is 0 Å². The molecule has 0 unspecified atom stereocenters. The Bertz CT molecular complexity index is 369. The van der Waals surface area contributed by atoms with E-state index in [0.717, 1.165) is 26.8 Å². The fourth-order valence-electron chi connectivity index (χ4n) is 1.15. The normalized spacial score (nSPS) is 10.7. The molecule has 0 fully saturated rings. The molecule has 3 N–H and O–H groups in total. The first-order chi connectivity index (χ1) is 6.68. The molecular weight excluding hydrogens is 216 g/mol. The van der Waals surface area contributed by atoms with E-state index < -0.39 is 0 Å². The molecule has 0 aliphatic heterocycles. The predicted octanol–water partition coefficient (Wildman–Crippen LogP) is 1.72. The monoisotopic (exact) mass is 230 g/mol. The number of hydrogen-bond acceptors (Lipinski definition) is 5. The van der Waals surface area contributed by atoms with Crippen LogP contribution in [-0.4, -0.2) is 26.3 Å². The average Bonchev–Trinajstić information content (AvgIpc) is 2.22. The van der Waals surface area contributed by atoms with Crippen molar-refractivity contribution in [2.24, 2.45) is 5.73 Å². The zero-order valence-corrected chi connectivity index (χ0v) is 9.76. The Kier molecular flexibility index (Phi) is 4.60. The fourth-order valence-corrected chi connectivity index (χ4v) is 1.73. The molecule has 0 bridgehead atoms. The van der Waals surface area contributed by atoms with Crippen molar-refractivity contribution in [1.29, 1.82) is 0 Å². The molecule has 0 saturated heterocycles. The number of nitrogens with two attached hydrogens (primary N) is 1. The molecular formula is C9H14N2OS2. The first-order valence-corrected chi connectivity index (χ1v) is 5.31. The van der Waals surface area contributed by atoms with Crippen molar-refractivity contribution in [3.63, 3.8) is 0 Å². The quantitative estimate of drug-likeness (QED) is 0.575. The van der Waals surface area contributed by atoms with Gasteiger partial charge in [-0.3, -0.25) is 0 Å². The van der Waals surface area contributed by atoms with Crippen LogP contribution in [0.25, 0.3) is 0 Å². The molecule has 0 spiro atoms. The van der Waals surface area contributed by atoms with Gasteiger partial charge in [0.2, 0.25) is 0 Å². The van der Waals surface area contributed by atoms with Gasteiger partial charge in [0.1, 0.15) is 0 Å². The second kappa shape index (κ2) is 5.50. The predicted molar refractivity (Wildman–Crippen MR) is 63.6 cm³/mol. The highest BCUT2D eigenvalue weighted by Gasteiger charge is 2.08. The van der Waals surface area contributed by atoms with E-state index in [4.69, 9.17) is 34.9 Å². The molecule has 5 heteroatoms. The Hall–Kier alpha value is -0.360. The largest absolute Gasteiger partial charge is 0.381 e. The number of rotatable bonds is 6. The minimum Gasteiger partial charge on any atom is -0.381 e. The van der Waals surface area contributed by atoms with Gasteiger partial charge < -0.3 is 15.8 Å². The van der Waals surface area contributed by atoms with Gasteiger partial charge in [-0.2, -0.15) is 0 Å². The van der Waals surface area contributed by atoms with Gasteiger partial charge in [-0.15, -0.1) is 0 Å². The van der Waals surface area contributed by atoms with Crippen LogP contribution in [-0.2, 0) is 4.74 Å². The summed E-state index contributed by atoms with van der Waals surface area (Å²) in [5, 5.41) is 3.19. The summed E-state index contributed by atoms with van der Waals surface area (Å²) in [5.74, 6) is 0. The lowest BCUT2D eigenvalue weighted by atomic mass is 10.1. The lowest BCUT2D eigenvalue weighted by molar-refractivity contribution is 0.151. The van der Waals surface area contributed by atoms with E-state index in [9.17, 15) is 0 Å². The minimum atomic E-state index is 0.560. The summed E-state index contributed by atoms with van der Waals surface area (Å²) in [4.78, 5) is 0. The van der Waals surface area contributed by atoms with E-state index in [1.54, 1.807) is 0 Å². The third-order valence-corrected chi connectivity index (χ3v) is 3.01. The first-order valence-electron chi connectivity index (χ1n) is 4.50. The Morgan fingerprint density at radius 3 is 2.57 bits per heavy atom. The van der Waals surface area contributed by atoms with Crippen molar-refractivity contribution in [3.05, 3.63) is 14.6 Å². The summed E-state index contributed by atoms with van der Waals surface area (Å²) in [6.45, 7) is 4.52. The second-order valence-electron chi connectivity index (χ2n) is 2.99. The fraction of sp³-hybridized carbons (Fsp3) is 0.556. The van der Waals surface area contributed by atoms with Crippen molar-refractivity contribution in [3.8, 4) is 0 Å². The third-order valence-electron chi connectivity index (χ3n) is 1.96. The topological polar surface area (TPSA) is 47.3 Å². The maximum absolute atomic E-state index is 5.28. The van der Waals surface area contributed by atoms with Gasteiger partial charge in [0, 0.05) is 13.1 Å². The highest BCUT2D eigenvalue weighted by Crippen LogP contribution is 2.24. The van der Waals surface area contributed by atoms with Crippen LogP contribution < -0.4 is 11.1 Å². The van der Waals surface area contributed by atoms with E-state index in [1.165, 1.54) is 0 Å². The van der Waals surface area contributed by atoms with Gasteiger partial charge in [-0.05, 0) is 12.5 Å². The van der Waals surface area contributed by atoms with E-state index in [1.807, 2.05) is 6.92 Å². The molecule has 3 nitrogen and oxygen atoms in total. The Morgan fingerprint density at radius 2 is 2.00 bits per heavy atom. The van der Waals surface area contributed by atoms with Gasteiger partial charge in [0.15, 0.2) is 0 Å². The molecule has 0 aliphatic rings. The zero-order valence-electron chi connectivity index (χ0n) is 8.13. The third kappa shape index (κ3) is 2.57. The van der Waals surface area contributed by atoms with E-state index >= 15 is 0 Å². The summed E-state index contributed by atoms with van der Waals surface area (Å²) in [7, 11) is 0. The van der Waals surface area contributed by atoms with Crippen LogP contribution in [0.5, 0.6) is 0 Å². The molecule has 0 aliphatic carbocycles. The summed E-state index contributed by atoms with van der Waals surface area (Å²) < 4.78 is 6.80. The lowest BCUT2D eigenvalue weighted by Crippen LogP contribution is -2.15. The lowest BCUT2D eigenvalue weighted by Gasteiger charge is -2.13. The highest BCUT2D eigenvalue weighted by atomic mass is 32.1. The standard InChI is InChI=1S/C9H14N2OS2/c1-6-7(9(14)8(6)13)11-3-5-12-4-2-10/h11H,2-5,10H2,1H3. The molecule has 78 valence electrons. The van der Waals surface area contributed by atoms with Crippen LogP contribution in [0.4, 0.5) is 5.69 Å². The second-order valence-corrected chi connectivity index (χ2v) is 3.80. The Balaban J connectivity index is 2.27. The smallest absolute Gasteiger partial charge is 0.0795 e. The Morgan fingerprint density at radius 1 is 1.29 bits per heavy atom. The van der Waals surface area contributed by atoms with Crippen LogP contribution in [0.15, 0.2) is 0 Å². The number of ether oxygens (including phenoxy) is 1. The molecule has 0 amide bonds. The van der Waals surface area contributed by atoms with Crippen LogP contribution >= 0.6 is 24.4 Å². The molecule has 0 atom stereocenters. The molecule has 1 aromatic rings. The molecule has 1 rings (SSSR count). The maximum atomic E-state index is 5.28. The molecule has 1 aromatic carbocycles. The van der Waals surface area contributed by atoms with Crippen LogP contribution in [0, 0.1) is 15.9 Å². The molecule has 14 heavy (non-hydrogen) atoms. The molecule has 0 radical (unpaired) electrons. The van der Waals surface area contributed by atoms with Gasteiger partial charge in [0.05, 0.1) is 27.9 Å². The van der Waals surface area contributed by atoms with Crippen molar-refractivity contribution in [2.75, 3.05) is 31.6 Å². The average molecular weight is 230 g/mol. The minimum absolute atomic E-state index is 0.560. The first kappa shape index (κ1) is 11.7. The summed E-state index contributed by atoms with van der Waals surface area (Å²) in [6.07, 6.45) is 0.